The number of aromatic carboxylic acids is 1. The summed E-state index contributed by atoms with van der Waals surface area (Å²) < 4.78 is 17.8. The maximum atomic E-state index is 12.7. The number of carboxylic acids is 2. The Balaban J connectivity index is 0.000000170. The van der Waals surface area contributed by atoms with Gasteiger partial charge >= 0.3 is 17.9 Å². The Morgan fingerprint density at radius 2 is 1.59 bits per heavy atom. The van der Waals surface area contributed by atoms with Crippen molar-refractivity contribution in [2.24, 2.45) is 22.4 Å². The first kappa shape index (κ1) is 41.5. The summed E-state index contributed by atoms with van der Waals surface area (Å²) in [6.45, 7) is 2.07. The molecule has 0 radical (unpaired) electrons. The molecule has 0 aromatic heterocycles. The van der Waals surface area contributed by atoms with Gasteiger partial charge in [0.25, 0.3) is 0 Å². The lowest BCUT2D eigenvalue weighted by atomic mass is 9.55. The third kappa shape index (κ3) is 6.89. The van der Waals surface area contributed by atoms with Crippen molar-refractivity contribution in [3.8, 4) is 28.7 Å². The molecule has 8 atom stereocenters. The smallest absolute Gasteiger partial charge is 0.340 e. The summed E-state index contributed by atoms with van der Waals surface area (Å²) in [5.74, 6) is -1.14. The van der Waals surface area contributed by atoms with Gasteiger partial charge in [0.15, 0.2) is 11.8 Å². The van der Waals surface area contributed by atoms with Crippen molar-refractivity contribution in [1.29, 1.82) is 0 Å². The molecule has 61 heavy (non-hydrogen) atoms. The predicted molar refractivity (Wildman–Crippen MR) is 217 cm³/mol. The molecule has 320 valence electrons. The van der Waals surface area contributed by atoms with Crippen molar-refractivity contribution in [2.75, 3.05) is 14.1 Å². The minimum atomic E-state index is -1.46. The van der Waals surface area contributed by atoms with E-state index >= 15 is 0 Å². The molecule has 9 N–H and O–H groups in total. The summed E-state index contributed by atoms with van der Waals surface area (Å²) in [6.07, 6.45) is 0.769. The second-order valence-electron chi connectivity index (χ2n) is 16.6. The fourth-order valence-electron chi connectivity index (χ4n) is 10.4. The monoisotopic (exact) mass is 837 g/mol. The van der Waals surface area contributed by atoms with Crippen molar-refractivity contribution in [3.63, 3.8) is 0 Å². The second kappa shape index (κ2) is 15.7. The lowest BCUT2D eigenvalue weighted by Crippen LogP contribution is -2.50. The van der Waals surface area contributed by atoms with Gasteiger partial charge in [-0.25, -0.2) is 9.59 Å². The van der Waals surface area contributed by atoms with Crippen molar-refractivity contribution in [2.45, 2.75) is 75.0 Å². The highest BCUT2D eigenvalue weighted by molar-refractivity contribution is 6.03. The Morgan fingerprint density at radius 1 is 0.902 bits per heavy atom. The molecule has 0 amide bonds. The number of phenolic OH excluding ortho intramolecular Hbond substituents is 2. The van der Waals surface area contributed by atoms with Crippen molar-refractivity contribution < 1.29 is 64.4 Å². The number of carbonyl (C=O) groups is 3. The number of aliphatic carboxylic acids is 1. The van der Waals surface area contributed by atoms with Gasteiger partial charge in [-0.05, 0) is 123 Å². The molecular weight excluding hydrogens is 791 g/mol. The Kier molecular flexibility index (Phi) is 10.7. The van der Waals surface area contributed by atoms with Gasteiger partial charge in [-0.3, -0.25) is 10.1 Å². The standard InChI is InChI=1S/C24H35N3O6.C21H12O7/c1-24-7-6-14-13-5-4-12(33-23(26-3)19(25-2)11-21(29)30)8-16(13)18(27-32)9-15(14)17(24)10-20(28)22(24)31;22-11-2-5-14-17(8-11)27-18-9-12(23)3-6-15(18)21(14)16-7-10(19(24)25)1-4-13(16)20(26)28-21/h4-5,8,14-15,17,19-20,22-23,25-26,28,31-32H,6-7,9-11H2,1-3H3,(H,29,30);1-9,22-23H,(H,24,25)/t14-,15-,17+,19?,20-,22+,23?,24+;/m1./s1. The topological polar surface area (TPSA) is 257 Å². The van der Waals surface area contributed by atoms with Crippen LogP contribution in [0.3, 0.4) is 0 Å². The van der Waals surface area contributed by atoms with Gasteiger partial charge in [0, 0.05) is 34.4 Å². The van der Waals surface area contributed by atoms with E-state index in [0.717, 1.165) is 24.0 Å². The molecule has 16 heteroatoms. The van der Waals surface area contributed by atoms with E-state index in [4.69, 9.17) is 14.2 Å². The Labute approximate surface area is 350 Å². The zero-order valence-electron chi connectivity index (χ0n) is 33.5. The molecule has 2 saturated carbocycles. The molecule has 4 aromatic rings. The van der Waals surface area contributed by atoms with Gasteiger partial charge < -0.3 is 55.4 Å². The van der Waals surface area contributed by atoms with Crippen LogP contribution in [0.15, 0.2) is 78.0 Å². The minimum Gasteiger partial charge on any atom is -0.508 e. The number of phenols is 2. The fraction of sp³-hybridized carbons (Fsp3) is 0.378. The number of aliphatic hydroxyl groups excluding tert-OH is 2. The molecule has 2 aliphatic heterocycles. The van der Waals surface area contributed by atoms with E-state index < -0.39 is 48.0 Å². The molecule has 2 unspecified atom stereocenters. The van der Waals surface area contributed by atoms with E-state index in [1.54, 1.807) is 26.2 Å². The van der Waals surface area contributed by atoms with Crippen LogP contribution < -0.4 is 20.1 Å². The fourth-order valence-corrected chi connectivity index (χ4v) is 10.4. The van der Waals surface area contributed by atoms with Gasteiger partial charge in [-0.1, -0.05) is 18.1 Å². The average Bonchev–Trinajstić information content (AvgIpc) is 3.66. The van der Waals surface area contributed by atoms with Crippen LogP contribution in [-0.2, 0) is 15.1 Å². The number of oxime groups is 1. The van der Waals surface area contributed by atoms with E-state index in [9.17, 15) is 50.2 Å². The molecule has 3 aliphatic carbocycles. The zero-order chi connectivity index (χ0) is 43.5. The van der Waals surface area contributed by atoms with Crippen molar-refractivity contribution >= 4 is 23.6 Å². The molecule has 0 saturated heterocycles. The van der Waals surface area contributed by atoms with E-state index in [-0.39, 0.29) is 63.7 Å². The maximum Gasteiger partial charge on any atom is 0.340 e. The Morgan fingerprint density at radius 3 is 2.20 bits per heavy atom. The Bertz CT molecular complexity index is 2400. The van der Waals surface area contributed by atoms with E-state index in [1.807, 2.05) is 18.2 Å². The summed E-state index contributed by atoms with van der Waals surface area (Å²) in [7, 11) is 3.41. The quantitative estimate of drug-likeness (QED) is 0.0497. The number of carboxylic acid groups (broad SMARTS) is 2. The van der Waals surface area contributed by atoms with E-state index in [1.165, 1.54) is 42.5 Å². The first-order valence-electron chi connectivity index (χ1n) is 20.0. The van der Waals surface area contributed by atoms with Crippen LogP contribution in [-0.4, -0.2) is 98.0 Å². The largest absolute Gasteiger partial charge is 0.508 e. The number of likely N-dealkylation sites (N-methyl/N-ethyl adjacent to an activating group) is 2. The summed E-state index contributed by atoms with van der Waals surface area (Å²) in [4.78, 5) is 35.4. The van der Waals surface area contributed by atoms with Gasteiger partial charge in [0.05, 0.1) is 41.5 Å². The number of esters is 1. The number of nitrogens with zero attached hydrogens (tertiary/aromatic N) is 1. The van der Waals surface area contributed by atoms with Crippen LogP contribution in [0.4, 0.5) is 0 Å². The molecule has 2 fully saturated rings. The summed E-state index contributed by atoms with van der Waals surface area (Å²) >= 11 is 0. The van der Waals surface area contributed by atoms with Crippen LogP contribution in [0, 0.1) is 17.3 Å². The number of carbonyl (C=O) groups excluding carboxylic acids is 1. The normalized spacial score (nSPS) is 26.4. The minimum absolute atomic E-state index is 0.00331. The van der Waals surface area contributed by atoms with Crippen LogP contribution in [0.25, 0.3) is 0 Å². The van der Waals surface area contributed by atoms with Crippen LogP contribution in [0.5, 0.6) is 28.7 Å². The molecule has 16 nitrogen and oxygen atoms in total. The summed E-state index contributed by atoms with van der Waals surface area (Å²) in [5.41, 5.74) is 2.22. The average molecular weight is 838 g/mol. The SMILES string of the molecule is CNC(CC(=O)O)C(NC)Oc1ccc2c(c1)C(=NO)C[C@@H]1[C@@H]2CC[C@]2(C)[C@@H](O)[C@H](O)C[C@@H]12.O=C(O)c1ccc2c(c1)C1(OC2=O)c2ccc(O)cc2Oc2cc(O)ccc21. The predicted octanol–water partition coefficient (Wildman–Crippen LogP) is 4.86. The number of fused-ring (bicyclic) bond motifs is 11. The lowest BCUT2D eigenvalue weighted by Gasteiger charge is -2.49. The molecule has 2 heterocycles. The summed E-state index contributed by atoms with van der Waals surface area (Å²) in [5, 5.41) is 78.8. The van der Waals surface area contributed by atoms with Crippen molar-refractivity contribution in [3.05, 3.63) is 112 Å². The van der Waals surface area contributed by atoms with Gasteiger partial charge in [-0.2, -0.15) is 0 Å². The molecule has 9 rings (SSSR count). The number of hydrogen-bond acceptors (Lipinski definition) is 14. The number of rotatable bonds is 8. The third-order valence-electron chi connectivity index (χ3n) is 13.4. The highest BCUT2D eigenvalue weighted by atomic mass is 16.6. The number of ether oxygens (including phenoxy) is 3. The van der Waals surface area contributed by atoms with Gasteiger partial charge in [0.2, 0.25) is 0 Å². The molecule has 0 bridgehead atoms. The second-order valence-corrected chi connectivity index (χ2v) is 16.6. The third-order valence-corrected chi connectivity index (χ3v) is 13.4. The number of aliphatic hydroxyl groups is 2. The number of nitrogens with one attached hydrogen (secondary N) is 2. The lowest BCUT2D eigenvalue weighted by molar-refractivity contribution is -0.138. The number of hydrogen-bond donors (Lipinski definition) is 9. The first-order chi connectivity index (χ1) is 29.1. The number of aromatic hydroxyl groups is 2. The maximum absolute atomic E-state index is 12.7. The van der Waals surface area contributed by atoms with Gasteiger partial charge in [0.1, 0.15) is 28.7 Å². The number of benzene rings is 4. The van der Waals surface area contributed by atoms with E-state index in [2.05, 4.69) is 22.7 Å². The molecule has 1 spiro atoms. The highest BCUT2D eigenvalue weighted by Gasteiger charge is 2.58. The first-order valence-corrected chi connectivity index (χ1v) is 20.0. The van der Waals surface area contributed by atoms with Crippen molar-refractivity contribution in [1.82, 2.24) is 10.6 Å². The zero-order valence-corrected chi connectivity index (χ0v) is 33.5. The Hall–Kier alpha value is -6.20. The van der Waals surface area contributed by atoms with Crippen LogP contribution in [0.2, 0.25) is 0 Å². The van der Waals surface area contributed by atoms with Crippen LogP contribution >= 0.6 is 0 Å². The van der Waals surface area contributed by atoms with Crippen LogP contribution in [0.1, 0.15) is 93.5 Å². The molecule has 4 aromatic carbocycles. The molecular formula is C45H47N3O13. The van der Waals surface area contributed by atoms with Gasteiger partial charge in [-0.15, -0.1) is 0 Å². The summed E-state index contributed by atoms with van der Waals surface area (Å²) in [6, 6.07) is 18.2. The van der Waals surface area contributed by atoms with E-state index in [0.29, 0.717) is 41.0 Å². The highest BCUT2D eigenvalue weighted by Crippen LogP contribution is 2.61. The molecule has 5 aliphatic rings.